The number of hydrogen-bond donors (Lipinski definition) is 1. The highest BCUT2D eigenvalue weighted by Gasteiger charge is 2.20. The van der Waals surface area contributed by atoms with E-state index >= 15 is 0 Å². The van der Waals surface area contributed by atoms with Gasteiger partial charge in [0.05, 0.1) is 31.9 Å². The highest BCUT2D eigenvalue weighted by molar-refractivity contribution is 5.93. The molecule has 1 unspecified atom stereocenters. The number of allylic oxidation sites excluding steroid dienone is 1. The van der Waals surface area contributed by atoms with Gasteiger partial charge in [0, 0.05) is 25.1 Å². The van der Waals surface area contributed by atoms with Crippen molar-refractivity contribution in [3.05, 3.63) is 60.2 Å². The lowest BCUT2D eigenvalue weighted by Crippen LogP contribution is -2.12. The molecule has 1 aromatic heterocycles. The zero-order valence-electron chi connectivity index (χ0n) is 16.1. The first-order valence-electron chi connectivity index (χ1n) is 9.12. The minimum Gasteiger partial charge on any atom is -0.499 e. The Morgan fingerprint density at radius 1 is 1.00 bits per heavy atom. The molecule has 1 aliphatic heterocycles. The Bertz CT molecular complexity index is 1080. The molecule has 0 spiro atoms. The molecule has 28 heavy (non-hydrogen) atoms. The van der Waals surface area contributed by atoms with Crippen molar-refractivity contribution in [2.75, 3.05) is 26.6 Å². The summed E-state index contributed by atoms with van der Waals surface area (Å²) in [4.78, 5) is 13.8. The summed E-state index contributed by atoms with van der Waals surface area (Å²) in [6, 6.07) is 14.2. The second-order valence-electron chi connectivity index (χ2n) is 6.55. The summed E-state index contributed by atoms with van der Waals surface area (Å²) in [5.74, 6) is 3.19. The first-order valence-corrected chi connectivity index (χ1v) is 9.12. The maximum atomic E-state index is 5.35. The van der Waals surface area contributed by atoms with Crippen LogP contribution in [0.4, 0.5) is 5.82 Å². The van der Waals surface area contributed by atoms with Crippen LogP contribution >= 0.6 is 0 Å². The largest absolute Gasteiger partial charge is 0.499 e. The van der Waals surface area contributed by atoms with Gasteiger partial charge in [-0.15, -0.1) is 0 Å². The van der Waals surface area contributed by atoms with E-state index in [-0.39, 0.29) is 5.92 Å². The second kappa shape index (κ2) is 7.68. The van der Waals surface area contributed by atoms with Crippen molar-refractivity contribution >= 4 is 22.9 Å². The molecule has 1 atom stereocenters. The van der Waals surface area contributed by atoms with Gasteiger partial charge in [0.25, 0.3) is 0 Å². The van der Waals surface area contributed by atoms with Crippen LogP contribution in [0.25, 0.3) is 22.0 Å². The Labute approximate surface area is 164 Å². The average Bonchev–Trinajstić information content (AvgIpc) is 2.78. The zero-order valence-corrected chi connectivity index (χ0v) is 16.1. The van der Waals surface area contributed by atoms with Gasteiger partial charge in [-0.1, -0.05) is 18.2 Å². The van der Waals surface area contributed by atoms with E-state index in [1.807, 2.05) is 37.5 Å². The van der Waals surface area contributed by atoms with E-state index in [0.29, 0.717) is 6.42 Å². The fraction of sp³-hybridized carbons (Fsp3) is 0.227. The first kappa shape index (κ1) is 18.0. The van der Waals surface area contributed by atoms with Gasteiger partial charge in [0.1, 0.15) is 23.2 Å². The molecule has 142 valence electrons. The number of fused-ring (bicyclic) bond motifs is 1. The number of nitrogens with zero attached hydrogens (tertiary/aromatic N) is 3. The maximum absolute atomic E-state index is 5.35. The molecule has 2 heterocycles. The van der Waals surface area contributed by atoms with Crippen molar-refractivity contribution in [1.82, 2.24) is 9.97 Å². The molecule has 0 saturated heterocycles. The summed E-state index contributed by atoms with van der Waals surface area (Å²) in [6.07, 6.45) is 4.31. The van der Waals surface area contributed by atoms with Gasteiger partial charge >= 0.3 is 0 Å². The standard InChI is InChI=1S/C22H22N4O2/c1-23-22-19-11-15(14-5-4-6-17(9-14)27-2)7-8-20(19)25-21(26-22)16-10-18(28-3)13-24-12-16/h4-9,11-13,16H,10H2,1-3H3,(H,23,25,26). The summed E-state index contributed by atoms with van der Waals surface area (Å²) >= 11 is 0. The van der Waals surface area contributed by atoms with Gasteiger partial charge in [-0.3, -0.25) is 4.99 Å². The molecule has 2 aromatic carbocycles. The summed E-state index contributed by atoms with van der Waals surface area (Å²) in [6.45, 7) is 0. The van der Waals surface area contributed by atoms with E-state index in [0.717, 1.165) is 45.2 Å². The SMILES string of the molecule is CNc1nc(C2C=NC=C(OC)C2)nc2ccc(-c3cccc(OC)c3)cc12. The Hall–Kier alpha value is -3.41. The summed E-state index contributed by atoms with van der Waals surface area (Å²) in [5, 5.41) is 4.18. The van der Waals surface area contributed by atoms with Crippen molar-refractivity contribution in [2.24, 2.45) is 4.99 Å². The molecule has 6 heteroatoms. The lowest BCUT2D eigenvalue weighted by Gasteiger charge is -2.17. The van der Waals surface area contributed by atoms with E-state index in [1.165, 1.54) is 0 Å². The molecular formula is C22H22N4O2. The van der Waals surface area contributed by atoms with Crippen LogP contribution in [0, 0.1) is 0 Å². The van der Waals surface area contributed by atoms with Crippen LogP contribution in [-0.4, -0.2) is 37.4 Å². The third-order valence-corrected chi connectivity index (χ3v) is 4.85. The Morgan fingerprint density at radius 3 is 2.64 bits per heavy atom. The van der Waals surface area contributed by atoms with Crippen LogP contribution in [0.5, 0.6) is 5.75 Å². The van der Waals surface area contributed by atoms with E-state index in [2.05, 4.69) is 28.5 Å². The van der Waals surface area contributed by atoms with Crippen molar-refractivity contribution in [2.45, 2.75) is 12.3 Å². The Balaban J connectivity index is 1.76. The number of benzene rings is 2. The third-order valence-electron chi connectivity index (χ3n) is 4.85. The Kier molecular flexibility index (Phi) is 4.93. The normalized spacial score (nSPS) is 16.0. The molecule has 0 amide bonds. The highest BCUT2D eigenvalue weighted by atomic mass is 16.5. The first-order chi connectivity index (χ1) is 13.7. The zero-order chi connectivity index (χ0) is 19.5. The third kappa shape index (κ3) is 3.41. The van der Waals surface area contributed by atoms with E-state index < -0.39 is 0 Å². The molecule has 0 fully saturated rings. The van der Waals surface area contributed by atoms with Crippen molar-refractivity contribution in [3.63, 3.8) is 0 Å². The predicted molar refractivity (Wildman–Crippen MR) is 112 cm³/mol. The van der Waals surface area contributed by atoms with Crippen molar-refractivity contribution in [3.8, 4) is 16.9 Å². The van der Waals surface area contributed by atoms with Crippen LogP contribution in [0.1, 0.15) is 18.2 Å². The van der Waals surface area contributed by atoms with Gasteiger partial charge in [0.2, 0.25) is 0 Å². The fourth-order valence-corrected chi connectivity index (χ4v) is 3.33. The predicted octanol–water partition coefficient (Wildman–Crippen LogP) is 4.39. The average molecular weight is 374 g/mol. The molecule has 3 aromatic rings. The number of nitrogens with one attached hydrogen (secondary N) is 1. The number of rotatable bonds is 5. The van der Waals surface area contributed by atoms with E-state index in [1.54, 1.807) is 20.4 Å². The van der Waals surface area contributed by atoms with Crippen molar-refractivity contribution < 1.29 is 9.47 Å². The quantitative estimate of drug-likeness (QED) is 0.717. The maximum Gasteiger partial charge on any atom is 0.140 e. The summed E-state index contributed by atoms with van der Waals surface area (Å²) in [5.41, 5.74) is 3.06. The number of anilines is 1. The minimum absolute atomic E-state index is 0.00508. The topological polar surface area (TPSA) is 68.6 Å². The molecule has 4 rings (SSSR count). The molecule has 1 aliphatic rings. The molecule has 1 N–H and O–H groups in total. The lowest BCUT2D eigenvalue weighted by atomic mass is 10.0. The lowest BCUT2D eigenvalue weighted by molar-refractivity contribution is 0.272. The fourth-order valence-electron chi connectivity index (χ4n) is 3.33. The van der Waals surface area contributed by atoms with Crippen LogP contribution in [0.3, 0.4) is 0 Å². The highest BCUT2D eigenvalue weighted by Crippen LogP contribution is 2.31. The van der Waals surface area contributed by atoms with Crippen LogP contribution in [0.15, 0.2) is 59.4 Å². The molecule has 0 bridgehead atoms. The summed E-state index contributed by atoms with van der Waals surface area (Å²) in [7, 11) is 5.20. The summed E-state index contributed by atoms with van der Waals surface area (Å²) < 4.78 is 10.7. The van der Waals surface area contributed by atoms with Gasteiger partial charge in [-0.2, -0.15) is 0 Å². The van der Waals surface area contributed by atoms with Crippen LogP contribution in [0.2, 0.25) is 0 Å². The molecule has 0 radical (unpaired) electrons. The van der Waals surface area contributed by atoms with Gasteiger partial charge in [-0.25, -0.2) is 9.97 Å². The number of aliphatic imine (C=N–C) groups is 1. The Morgan fingerprint density at radius 2 is 1.86 bits per heavy atom. The number of methoxy groups -OCH3 is 2. The van der Waals surface area contributed by atoms with Gasteiger partial charge in [0.15, 0.2) is 0 Å². The van der Waals surface area contributed by atoms with E-state index in [9.17, 15) is 0 Å². The molecule has 6 nitrogen and oxygen atoms in total. The number of hydrogen-bond acceptors (Lipinski definition) is 6. The van der Waals surface area contributed by atoms with E-state index in [4.69, 9.17) is 19.4 Å². The van der Waals surface area contributed by atoms with Gasteiger partial charge in [-0.05, 0) is 35.4 Å². The second-order valence-corrected chi connectivity index (χ2v) is 6.55. The molecule has 0 saturated carbocycles. The smallest absolute Gasteiger partial charge is 0.140 e. The monoisotopic (exact) mass is 374 g/mol. The minimum atomic E-state index is -0.00508. The molecular weight excluding hydrogens is 352 g/mol. The van der Waals surface area contributed by atoms with Crippen molar-refractivity contribution in [1.29, 1.82) is 0 Å². The van der Waals surface area contributed by atoms with Crippen LogP contribution < -0.4 is 10.1 Å². The number of aromatic nitrogens is 2. The van der Waals surface area contributed by atoms with Crippen LogP contribution in [-0.2, 0) is 4.74 Å². The molecule has 0 aliphatic carbocycles. The number of ether oxygens (including phenoxy) is 2. The van der Waals surface area contributed by atoms with Gasteiger partial charge < -0.3 is 14.8 Å².